The van der Waals surface area contributed by atoms with Crippen LogP contribution in [0, 0.1) is 0 Å². The van der Waals surface area contributed by atoms with Gasteiger partial charge in [-0.1, -0.05) is 29.3 Å². The van der Waals surface area contributed by atoms with E-state index in [-0.39, 0.29) is 55.3 Å². The number of benzene rings is 3. The number of Topliss-reactive ketones (excluding diaryl/α,β-unsaturated/α-hetero) is 2. The highest BCUT2D eigenvalue weighted by Gasteiger charge is 2.54. The molecule has 3 aromatic rings. The summed E-state index contributed by atoms with van der Waals surface area (Å²) in [7, 11) is 7.83. The number of esters is 1. The van der Waals surface area contributed by atoms with Gasteiger partial charge < -0.3 is 33.5 Å². The van der Waals surface area contributed by atoms with Gasteiger partial charge in [-0.25, -0.2) is 4.79 Å². The molecule has 0 radical (unpaired) electrons. The van der Waals surface area contributed by atoms with Gasteiger partial charge in [0, 0.05) is 11.1 Å². The molecule has 1 unspecified atom stereocenters. The molecule has 12 heteroatoms. The zero-order valence-electron chi connectivity index (χ0n) is 23.4. The number of ether oxygens (including phenoxy) is 6. The molecule has 3 aromatic carbocycles. The summed E-state index contributed by atoms with van der Waals surface area (Å²) in [5, 5.41) is 13.0. The molecule has 1 aliphatic rings. The Morgan fingerprint density at radius 2 is 1.38 bits per heavy atom. The fourth-order valence-corrected chi connectivity index (χ4v) is 5.25. The Kier molecular flexibility index (Phi) is 8.72. The molecule has 0 fully saturated rings. The van der Waals surface area contributed by atoms with Gasteiger partial charge >= 0.3 is 5.97 Å². The van der Waals surface area contributed by atoms with Gasteiger partial charge in [0.15, 0.2) is 40.2 Å². The smallest absolute Gasteiger partial charge is 0.338 e. The highest BCUT2D eigenvalue weighted by atomic mass is 35.5. The van der Waals surface area contributed by atoms with Crippen LogP contribution in [0.2, 0.25) is 10.0 Å². The SMILES string of the molecule is COC(=O)C1=C(C(=O)c2ccc(Cl)c(Cl)c2)C(=O)c2cc(OC)c(OC)c(OC)c2C1(O)c1ccc(OC)c(OC)c1. The molecule has 1 N–H and O–H groups in total. The van der Waals surface area contributed by atoms with Gasteiger partial charge in [-0.3, -0.25) is 9.59 Å². The Morgan fingerprint density at radius 1 is 0.738 bits per heavy atom. The van der Waals surface area contributed by atoms with Gasteiger partial charge in [0.1, 0.15) is 0 Å². The van der Waals surface area contributed by atoms with Crippen molar-refractivity contribution in [3.63, 3.8) is 0 Å². The van der Waals surface area contributed by atoms with Crippen molar-refractivity contribution in [2.75, 3.05) is 42.7 Å². The number of carbonyl (C=O) groups excluding carboxylic acids is 3. The average Bonchev–Trinajstić information content (AvgIpc) is 3.01. The van der Waals surface area contributed by atoms with Gasteiger partial charge in [0.2, 0.25) is 5.75 Å². The summed E-state index contributed by atoms with van der Waals surface area (Å²) in [5.74, 6) is -2.53. The van der Waals surface area contributed by atoms with E-state index in [1.54, 1.807) is 0 Å². The molecule has 0 heterocycles. The molecular formula is C30H26Cl2O10. The van der Waals surface area contributed by atoms with E-state index in [4.69, 9.17) is 51.6 Å². The van der Waals surface area contributed by atoms with E-state index in [1.807, 2.05) is 0 Å². The Bertz CT molecular complexity index is 1650. The van der Waals surface area contributed by atoms with E-state index in [9.17, 15) is 19.5 Å². The van der Waals surface area contributed by atoms with E-state index in [0.717, 1.165) is 7.11 Å². The van der Waals surface area contributed by atoms with Crippen molar-refractivity contribution in [1.29, 1.82) is 0 Å². The lowest BCUT2D eigenvalue weighted by Gasteiger charge is -2.38. The van der Waals surface area contributed by atoms with E-state index in [2.05, 4.69) is 0 Å². The number of hydrogen-bond acceptors (Lipinski definition) is 10. The number of ketones is 2. The summed E-state index contributed by atoms with van der Waals surface area (Å²) < 4.78 is 32.4. The van der Waals surface area contributed by atoms with Crippen LogP contribution in [-0.4, -0.2) is 65.3 Å². The van der Waals surface area contributed by atoms with Crippen molar-refractivity contribution >= 4 is 40.7 Å². The Morgan fingerprint density at radius 3 is 1.93 bits per heavy atom. The van der Waals surface area contributed by atoms with Crippen LogP contribution < -0.4 is 23.7 Å². The first-order chi connectivity index (χ1) is 20.0. The molecule has 10 nitrogen and oxygen atoms in total. The third kappa shape index (κ3) is 4.71. The number of aliphatic hydroxyl groups is 1. The average molecular weight is 617 g/mol. The first-order valence-electron chi connectivity index (χ1n) is 12.2. The van der Waals surface area contributed by atoms with Crippen LogP contribution >= 0.6 is 23.2 Å². The highest BCUT2D eigenvalue weighted by Crippen LogP contribution is 2.55. The van der Waals surface area contributed by atoms with Gasteiger partial charge in [0.25, 0.3) is 0 Å². The third-order valence-corrected chi connectivity index (χ3v) is 7.61. The van der Waals surface area contributed by atoms with Gasteiger partial charge in [-0.05, 0) is 42.0 Å². The standard InChI is InChI=1S/C30H26Cl2O10/c1-37-19-10-8-15(12-20(19)38-2)30(36)23-16(13-21(39-3)27(40-4)28(23)41-5)26(34)22(24(30)29(35)42-6)25(33)14-7-9-17(31)18(32)11-14/h7-13,36H,1-6H3. The molecule has 42 heavy (non-hydrogen) atoms. The molecule has 0 aliphatic heterocycles. The second-order valence-electron chi connectivity index (χ2n) is 8.88. The Labute approximate surface area is 251 Å². The fraction of sp³-hybridized carbons (Fsp3) is 0.233. The lowest BCUT2D eigenvalue weighted by Crippen LogP contribution is -2.43. The molecule has 1 atom stereocenters. The summed E-state index contributed by atoms with van der Waals surface area (Å²) in [5.41, 5.74) is -4.32. The van der Waals surface area contributed by atoms with Gasteiger partial charge in [-0.15, -0.1) is 0 Å². The van der Waals surface area contributed by atoms with Gasteiger partial charge in [0.05, 0.1) is 69.4 Å². The second-order valence-corrected chi connectivity index (χ2v) is 9.69. The summed E-state index contributed by atoms with van der Waals surface area (Å²) in [6, 6.07) is 9.59. The van der Waals surface area contributed by atoms with Crippen LogP contribution in [0.3, 0.4) is 0 Å². The zero-order chi connectivity index (χ0) is 30.9. The summed E-state index contributed by atoms with van der Waals surface area (Å²) in [6.45, 7) is 0. The van der Waals surface area contributed by atoms with E-state index in [0.29, 0.717) is 5.75 Å². The molecular weight excluding hydrogens is 591 g/mol. The largest absolute Gasteiger partial charge is 0.493 e. The second kappa shape index (κ2) is 11.9. The summed E-state index contributed by atoms with van der Waals surface area (Å²) in [6.07, 6.45) is 0. The van der Waals surface area contributed by atoms with Crippen molar-refractivity contribution in [1.82, 2.24) is 0 Å². The van der Waals surface area contributed by atoms with Crippen molar-refractivity contribution in [3.8, 4) is 28.7 Å². The quantitative estimate of drug-likeness (QED) is 0.203. The highest BCUT2D eigenvalue weighted by molar-refractivity contribution is 6.43. The molecule has 0 amide bonds. The van der Waals surface area contributed by atoms with Crippen molar-refractivity contribution in [2.24, 2.45) is 0 Å². The molecule has 0 saturated heterocycles. The van der Waals surface area contributed by atoms with Crippen LogP contribution in [0.15, 0.2) is 53.6 Å². The lowest BCUT2D eigenvalue weighted by molar-refractivity contribution is -0.138. The molecule has 1 aliphatic carbocycles. The third-order valence-electron chi connectivity index (χ3n) is 6.87. The molecule has 0 spiro atoms. The Balaban J connectivity index is 2.24. The molecule has 4 rings (SSSR count). The first-order valence-corrected chi connectivity index (χ1v) is 12.9. The maximum atomic E-state index is 14.2. The topological polar surface area (TPSA) is 127 Å². The minimum absolute atomic E-state index is 0.0132. The van der Waals surface area contributed by atoms with E-state index >= 15 is 0 Å². The van der Waals surface area contributed by atoms with E-state index in [1.165, 1.54) is 78.0 Å². The predicted molar refractivity (Wildman–Crippen MR) is 153 cm³/mol. The first kappa shape index (κ1) is 30.7. The van der Waals surface area contributed by atoms with Crippen LogP contribution in [0.5, 0.6) is 28.7 Å². The van der Waals surface area contributed by atoms with Crippen molar-refractivity contribution < 1.29 is 47.9 Å². The van der Waals surface area contributed by atoms with Crippen molar-refractivity contribution in [3.05, 3.63) is 85.9 Å². The number of carbonyl (C=O) groups is 3. The predicted octanol–water partition coefficient (Wildman–Crippen LogP) is 4.82. The molecule has 0 bridgehead atoms. The fourth-order valence-electron chi connectivity index (χ4n) is 4.95. The number of methoxy groups -OCH3 is 6. The number of rotatable bonds is 9. The number of halogens is 2. The molecule has 0 saturated carbocycles. The maximum Gasteiger partial charge on any atom is 0.338 e. The molecule has 0 aromatic heterocycles. The lowest BCUT2D eigenvalue weighted by atomic mass is 9.68. The minimum atomic E-state index is -2.54. The van der Waals surface area contributed by atoms with Crippen LogP contribution in [0.25, 0.3) is 0 Å². The van der Waals surface area contributed by atoms with Crippen LogP contribution in [0.1, 0.15) is 31.8 Å². The van der Waals surface area contributed by atoms with E-state index < -0.39 is 34.3 Å². The number of fused-ring (bicyclic) bond motifs is 1. The zero-order valence-corrected chi connectivity index (χ0v) is 24.9. The normalized spacial score (nSPS) is 16.0. The molecule has 220 valence electrons. The van der Waals surface area contributed by atoms with Crippen LogP contribution in [0.4, 0.5) is 0 Å². The van der Waals surface area contributed by atoms with Gasteiger partial charge in [-0.2, -0.15) is 0 Å². The minimum Gasteiger partial charge on any atom is -0.493 e. The summed E-state index contributed by atoms with van der Waals surface area (Å²) in [4.78, 5) is 41.9. The summed E-state index contributed by atoms with van der Waals surface area (Å²) >= 11 is 12.2. The van der Waals surface area contributed by atoms with Crippen LogP contribution in [-0.2, 0) is 15.1 Å². The maximum absolute atomic E-state index is 14.2. The number of allylic oxidation sites excluding steroid dienone is 1. The Hall–Kier alpha value is -4.25. The monoisotopic (exact) mass is 616 g/mol. The number of hydrogen-bond donors (Lipinski definition) is 1. The van der Waals surface area contributed by atoms with Crippen molar-refractivity contribution in [2.45, 2.75) is 5.60 Å².